The van der Waals surface area contributed by atoms with E-state index in [0.29, 0.717) is 22.6 Å². The summed E-state index contributed by atoms with van der Waals surface area (Å²) in [6.45, 7) is 5.99. The van der Waals surface area contributed by atoms with E-state index < -0.39 is 74.6 Å². The maximum atomic E-state index is 15.1. The zero-order chi connectivity index (χ0) is 31.3. The molecule has 222 valence electrons. The van der Waals surface area contributed by atoms with E-state index in [-0.39, 0.29) is 4.75 Å². The molecule has 0 spiro atoms. The lowest BCUT2D eigenvalue weighted by Gasteiger charge is -2.21. The molecular formula is C30H21F9O2S. The van der Waals surface area contributed by atoms with Gasteiger partial charge in [-0.25, -0.2) is 39.5 Å². The fraction of sp³-hybridized carbons (Fsp3) is 0.200. The zero-order valence-corrected chi connectivity index (χ0v) is 23.4. The molecule has 0 aliphatic rings. The van der Waals surface area contributed by atoms with Gasteiger partial charge in [0.05, 0.1) is 24.7 Å². The Hall–Kier alpha value is -3.80. The Kier molecular flexibility index (Phi) is 8.50. The molecule has 0 saturated heterocycles. The summed E-state index contributed by atoms with van der Waals surface area (Å²) in [4.78, 5) is 0.758. The Bertz CT molecular complexity index is 1670. The molecule has 4 aromatic rings. The molecule has 0 atom stereocenters. The lowest BCUT2D eigenvalue weighted by molar-refractivity contribution is 0.379. The molecule has 2 nitrogen and oxygen atoms in total. The topological polar surface area (TPSA) is 18.5 Å². The first-order chi connectivity index (χ1) is 19.6. The van der Waals surface area contributed by atoms with Crippen LogP contribution in [0.25, 0.3) is 33.4 Å². The summed E-state index contributed by atoms with van der Waals surface area (Å²) in [5.74, 6) is -21.1. The summed E-state index contributed by atoms with van der Waals surface area (Å²) >= 11 is 1.51. The largest absolute Gasteiger partial charge is 0.496 e. The second-order valence-corrected chi connectivity index (χ2v) is 11.8. The molecule has 0 bridgehead atoms. The molecule has 42 heavy (non-hydrogen) atoms. The average molecular weight is 617 g/mol. The molecule has 0 radical (unpaired) electrons. The predicted molar refractivity (Wildman–Crippen MR) is 141 cm³/mol. The molecule has 4 rings (SSSR count). The van der Waals surface area contributed by atoms with Crippen LogP contribution in [0.4, 0.5) is 39.5 Å². The summed E-state index contributed by atoms with van der Waals surface area (Å²) in [6, 6.07) is 8.17. The van der Waals surface area contributed by atoms with Crippen molar-refractivity contribution in [1.29, 1.82) is 0 Å². The van der Waals surface area contributed by atoms with E-state index in [0.717, 1.165) is 17.0 Å². The zero-order valence-electron chi connectivity index (χ0n) is 22.6. The second kappa shape index (κ2) is 11.5. The number of thioether (sulfide) groups is 1. The Balaban J connectivity index is 1.95. The van der Waals surface area contributed by atoms with Gasteiger partial charge in [0, 0.05) is 21.4 Å². The van der Waals surface area contributed by atoms with Crippen LogP contribution in [-0.4, -0.2) is 19.0 Å². The summed E-state index contributed by atoms with van der Waals surface area (Å²) in [6.07, 6.45) is 0. The first kappa shape index (κ1) is 31.1. The SMILES string of the molecule is COc1cc(-c2ccc(-c3c(F)c(F)c(F)c(F)c3-c3c(F)c(F)c(F)c(F)c3F)cc2)c(OC)cc1SC(C)(C)C. The van der Waals surface area contributed by atoms with Gasteiger partial charge in [0.25, 0.3) is 0 Å². The van der Waals surface area contributed by atoms with E-state index in [4.69, 9.17) is 9.47 Å². The van der Waals surface area contributed by atoms with Gasteiger partial charge in [-0.3, -0.25) is 0 Å². The fourth-order valence-corrected chi connectivity index (χ4v) is 5.35. The maximum Gasteiger partial charge on any atom is 0.200 e. The van der Waals surface area contributed by atoms with Crippen molar-refractivity contribution in [3.05, 3.63) is 88.8 Å². The first-order valence-electron chi connectivity index (χ1n) is 12.1. The van der Waals surface area contributed by atoms with E-state index in [9.17, 15) is 35.1 Å². The average Bonchev–Trinajstić information content (AvgIpc) is 2.95. The third-order valence-corrected chi connectivity index (χ3v) is 7.26. The summed E-state index contributed by atoms with van der Waals surface area (Å²) in [5, 5.41) is 0. The van der Waals surface area contributed by atoms with Gasteiger partial charge in [0.2, 0.25) is 5.82 Å². The van der Waals surface area contributed by atoms with Crippen LogP contribution in [0, 0.1) is 52.4 Å². The Labute approximate surface area is 239 Å². The quantitative estimate of drug-likeness (QED) is 0.0930. The minimum Gasteiger partial charge on any atom is -0.496 e. The molecule has 0 fully saturated rings. The first-order valence-corrected chi connectivity index (χ1v) is 12.9. The van der Waals surface area contributed by atoms with Gasteiger partial charge in [-0.15, -0.1) is 11.8 Å². The van der Waals surface area contributed by atoms with Crippen molar-refractivity contribution >= 4 is 11.8 Å². The van der Waals surface area contributed by atoms with Gasteiger partial charge in [0.1, 0.15) is 11.5 Å². The molecule has 0 N–H and O–H groups in total. The Morgan fingerprint density at radius 3 is 1.36 bits per heavy atom. The van der Waals surface area contributed by atoms with Gasteiger partial charge in [-0.2, -0.15) is 0 Å². The third kappa shape index (κ3) is 5.39. The van der Waals surface area contributed by atoms with Crippen molar-refractivity contribution in [2.45, 2.75) is 30.4 Å². The van der Waals surface area contributed by atoms with Crippen molar-refractivity contribution in [3.8, 4) is 44.9 Å². The number of ether oxygens (including phenoxy) is 2. The van der Waals surface area contributed by atoms with Crippen LogP contribution >= 0.6 is 11.8 Å². The van der Waals surface area contributed by atoms with E-state index in [1.54, 1.807) is 12.1 Å². The number of rotatable bonds is 6. The summed E-state index contributed by atoms with van der Waals surface area (Å²) in [7, 11) is 2.88. The summed E-state index contributed by atoms with van der Waals surface area (Å²) in [5.41, 5.74) is -4.49. The van der Waals surface area contributed by atoms with Crippen LogP contribution in [0.1, 0.15) is 20.8 Å². The highest BCUT2D eigenvalue weighted by atomic mass is 32.2. The van der Waals surface area contributed by atoms with Crippen molar-refractivity contribution in [2.75, 3.05) is 14.2 Å². The van der Waals surface area contributed by atoms with Crippen LogP contribution in [0.5, 0.6) is 11.5 Å². The summed E-state index contributed by atoms with van der Waals surface area (Å²) < 4.78 is 140. The van der Waals surface area contributed by atoms with Crippen LogP contribution < -0.4 is 9.47 Å². The fourth-order valence-electron chi connectivity index (χ4n) is 4.28. The van der Waals surface area contributed by atoms with Gasteiger partial charge in [-0.1, -0.05) is 45.0 Å². The van der Waals surface area contributed by atoms with E-state index >= 15 is 4.39 Å². The molecule has 0 unspecified atom stereocenters. The molecule has 0 amide bonds. The molecule has 0 aliphatic heterocycles. The minimum atomic E-state index is -2.57. The van der Waals surface area contributed by atoms with Gasteiger partial charge >= 0.3 is 0 Å². The number of hydrogen-bond donors (Lipinski definition) is 0. The monoisotopic (exact) mass is 616 g/mol. The number of benzene rings is 4. The smallest absolute Gasteiger partial charge is 0.200 e. The number of methoxy groups -OCH3 is 2. The Morgan fingerprint density at radius 2 is 0.905 bits per heavy atom. The predicted octanol–water partition coefficient (Wildman–Crippen LogP) is 9.85. The Morgan fingerprint density at radius 1 is 0.500 bits per heavy atom. The highest BCUT2D eigenvalue weighted by molar-refractivity contribution is 8.00. The van der Waals surface area contributed by atoms with Crippen molar-refractivity contribution in [2.24, 2.45) is 0 Å². The van der Waals surface area contributed by atoms with Gasteiger partial charge < -0.3 is 9.47 Å². The van der Waals surface area contributed by atoms with Gasteiger partial charge in [-0.05, 0) is 23.3 Å². The highest BCUT2D eigenvalue weighted by Crippen LogP contribution is 2.46. The van der Waals surface area contributed by atoms with Crippen molar-refractivity contribution in [3.63, 3.8) is 0 Å². The molecule has 4 aromatic carbocycles. The standard InChI is InChI=1S/C30H21F9O2S/c1-30(2,3)42-17-11-15(40-4)14(10-16(17)41-5)12-6-8-13(9-7-12)18-19(22(32)26(36)25(35)21(18)31)20-23(33)27(37)29(39)28(38)24(20)34/h6-11H,1-5H3. The van der Waals surface area contributed by atoms with Crippen molar-refractivity contribution < 1.29 is 49.0 Å². The van der Waals surface area contributed by atoms with Crippen LogP contribution in [0.3, 0.4) is 0 Å². The molecule has 12 heteroatoms. The van der Waals surface area contributed by atoms with E-state index in [2.05, 4.69) is 0 Å². The maximum absolute atomic E-state index is 15.1. The number of halogens is 9. The highest BCUT2D eigenvalue weighted by Gasteiger charge is 2.34. The molecule has 0 saturated carbocycles. The third-order valence-electron chi connectivity index (χ3n) is 6.11. The molecule has 0 heterocycles. The number of hydrogen-bond acceptors (Lipinski definition) is 3. The normalized spacial score (nSPS) is 11.7. The van der Waals surface area contributed by atoms with E-state index in [1.807, 2.05) is 20.8 Å². The van der Waals surface area contributed by atoms with E-state index in [1.165, 1.54) is 38.1 Å². The molecule has 0 aromatic heterocycles. The minimum absolute atomic E-state index is 0.182. The van der Waals surface area contributed by atoms with Crippen molar-refractivity contribution in [1.82, 2.24) is 0 Å². The molecule has 0 aliphatic carbocycles. The molecular weight excluding hydrogens is 595 g/mol. The van der Waals surface area contributed by atoms with Gasteiger partial charge in [0.15, 0.2) is 46.5 Å². The lowest BCUT2D eigenvalue weighted by atomic mass is 9.91. The van der Waals surface area contributed by atoms with Crippen LogP contribution in [-0.2, 0) is 0 Å². The van der Waals surface area contributed by atoms with Crippen LogP contribution in [0.2, 0.25) is 0 Å². The van der Waals surface area contributed by atoms with Crippen LogP contribution in [0.15, 0.2) is 41.3 Å². The second-order valence-electron chi connectivity index (χ2n) is 9.95. The lowest BCUT2D eigenvalue weighted by Crippen LogP contribution is -2.09.